The van der Waals surface area contributed by atoms with Gasteiger partial charge >= 0.3 is 0 Å². The third kappa shape index (κ3) is 5.72. The number of rotatable bonds is 6. The van der Waals surface area contributed by atoms with Gasteiger partial charge in [0.2, 0.25) is 0 Å². The largest absolute Gasteiger partial charge is 0.495 e. The molecule has 7 heteroatoms. The van der Waals surface area contributed by atoms with Gasteiger partial charge in [-0.15, -0.1) is 24.0 Å². The van der Waals surface area contributed by atoms with E-state index in [0.717, 1.165) is 43.9 Å². The van der Waals surface area contributed by atoms with Crippen LogP contribution in [0.25, 0.3) is 0 Å². The van der Waals surface area contributed by atoms with E-state index < -0.39 is 0 Å². The van der Waals surface area contributed by atoms with Gasteiger partial charge < -0.3 is 20.3 Å². The third-order valence-electron chi connectivity index (χ3n) is 6.90. The van der Waals surface area contributed by atoms with Crippen LogP contribution in [0.15, 0.2) is 29.3 Å². The van der Waals surface area contributed by atoms with Gasteiger partial charge in [0.15, 0.2) is 5.96 Å². The van der Waals surface area contributed by atoms with Crippen molar-refractivity contribution in [1.82, 2.24) is 15.5 Å². The van der Waals surface area contributed by atoms with E-state index in [0.29, 0.717) is 12.0 Å². The van der Waals surface area contributed by atoms with Gasteiger partial charge in [-0.05, 0) is 43.7 Å². The van der Waals surface area contributed by atoms with Gasteiger partial charge in [0.05, 0.1) is 12.8 Å². The highest BCUT2D eigenvalue weighted by Crippen LogP contribution is 2.31. The summed E-state index contributed by atoms with van der Waals surface area (Å²) < 4.78 is 5.54. The first-order chi connectivity index (χ1) is 14.3. The summed E-state index contributed by atoms with van der Waals surface area (Å²) in [6.07, 6.45) is 8.03. The minimum absolute atomic E-state index is 0. The Morgan fingerprint density at radius 3 is 2.67 bits per heavy atom. The quantitative estimate of drug-likeness (QED) is 0.338. The molecular weight excluding hydrogens is 489 g/mol. The monoisotopic (exact) mass is 527 g/mol. The van der Waals surface area contributed by atoms with Gasteiger partial charge in [-0.25, -0.2) is 0 Å². The molecule has 2 N–H and O–H groups in total. The average molecular weight is 527 g/mol. The van der Waals surface area contributed by atoms with E-state index in [1.54, 1.807) is 7.11 Å². The summed E-state index contributed by atoms with van der Waals surface area (Å²) in [5.41, 5.74) is 1.21. The van der Waals surface area contributed by atoms with Gasteiger partial charge in [0.25, 0.3) is 0 Å². The molecule has 0 aromatic heterocycles. The lowest BCUT2D eigenvalue weighted by molar-refractivity contribution is 0.242. The number of hydrogen-bond donors (Lipinski definition) is 2. The van der Waals surface area contributed by atoms with E-state index in [2.05, 4.69) is 37.6 Å². The Kier molecular flexibility index (Phi) is 8.92. The van der Waals surface area contributed by atoms with Gasteiger partial charge in [-0.2, -0.15) is 0 Å². The molecule has 1 aliphatic carbocycles. The van der Waals surface area contributed by atoms with Gasteiger partial charge in [0, 0.05) is 51.9 Å². The molecule has 2 heterocycles. The predicted octanol–water partition coefficient (Wildman–Crippen LogP) is 3.32. The number of nitrogens with zero attached hydrogens (tertiary/aromatic N) is 3. The normalized spacial score (nSPS) is 25.4. The molecule has 2 atom stereocenters. The number of aliphatic imine (C=N–C) groups is 1. The van der Waals surface area contributed by atoms with Crippen molar-refractivity contribution < 1.29 is 4.74 Å². The number of halogens is 1. The van der Waals surface area contributed by atoms with Gasteiger partial charge in [-0.1, -0.05) is 25.0 Å². The molecule has 1 aromatic rings. The summed E-state index contributed by atoms with van der Waals surface area (Å²) >= 11 is 0. The maximum Gasteiger partial charge on any atom is 0.191 e. The predicted molar refractivity (Wildman–Crippen MR) is 135 cm³/mol. The van der Waals surface area contributed by atoms with Crippen LogP contribution in [0.2, 0.25) is 0 Å². The van der Waals surface area contributed by atoms with Crippen LogP contribution in [0.5, 0.6) is 5.75 Å². The fraction of sp³-hybridized carbons (Fsp3) is 0.696. The SMILES string of the molecule is CN=C(NCC1CCN(c2ccccc2OC)C1)NC1CCN(C2CCCC2)C1.I. The molecule has 0 bridgehead atoms. The summed E-state index contributed by atoms with van der Waals surface area (Å²) in [4.78, 5) is 9.62. The number of nitrogens with one attached hydrogen (secondary N) is 2. The molecule has 3 aliphatic rings. The summed E-state index contributed by atoms with van der Waals surface area (Å²) in [7, 11) is 3.63. The topological polar surface area (TPSA) is 52.1 Å². The molecule has 168 valence electrons. The van der Waals surface area contributed by atoms with Crippen LogP contribution in [-0.2, 0) is 0 Å². The summed E-state index contributed by atoms with van der Waals surface area (Å²) in [5, 5.41) is 7.25. The number of likely N-dealkylation sites (tertiary alicyclic amines) is 1. The van der Waals surface area contributed by atoms with E-state index in [-0.39, 0.29) is 24.0 Å². The Bertz CT molecular complexity index is 694. The van der Waals surface area contributed by atoms with Crippen molar-refractivity contribution in [3.63, 3.8) is 0 Å². The van der Waals surface area contributed by atoms with E-state index in [1.807, 2.05) is 19.2 Å². The van der Waals surface area contributed by atoms with Crippen LogP contribution in [0, 0.1) is 5.92 Å². The molecule has 2 unspecified atom stereocenters. The molecule has 1 aromatic carbocycles. The van der Waals surface area contributed by atoms with E-state index in [4.69, 9.17) is 4.74 Å². The summed E-state index contributed by atoms with van der Waals surface area (Å²) in [6, 6.07) is 9.68. The first kappa shape index (κ1) is 23.4. The lowest BCUT2D eigenvalue weighted by atomic mass is 10.1. The van der Waals surface area contributed by atoms with Crippen LogP contribution in [-0.4, -0.2) is 69.8 Å². The number of guanidine groups is 1. The average Bonchev–Trinajstić information content (AvgIpc) is 3.52. The van der Waals surface area contributed by atoms with Crippen molar-refractivity contribution in [3.8, 4) is 5.75 Å². The molecule has 6 nitrogen and oxygen atoms in total. The van der Waals surface area contributed by atoms with Gasteiger partial charge in [0.1, 0.15) is 5.75 Å². The molecule has 2 aliphatic heterocycles. The number of para-hydroxylation sites is 2. The lowest BCUT2D eigenvalue weighted by Crippen LogP contribution is -2.46. The van der Waals surface area contributed by atoms with Crippen LogP contribution < -0.4 is 20.3 Å². The highest BCUT2D eigenvalue weighted by atomic mass is 127. The van der Waals surface area contributed by atoms with Crippen molar-refractivity contribution >= 4 is 35.6 Å². The third-order valence-corrected chi connectivity index (χ3v) is 6.90. The number of methoxy groups -OCH3 is 1. The van der Waals surface area contributed by atoms with E-state index >= 15 is 0 Å². The standard InChI is InChI=1S/C23H37N5O.HI/c1-24-23(26-19-12-14-27(17-19)20-7-3-4-8-20)25-15-18-11-13-28(16-18)21-9-5-6-10-22(21)29-2;/h5-6,9-10,18-20H,3-4,7-8,11-17H2,1-2H3,(H2,24,25,26);1H. The number of anilines is 1. The first-order valence-electron chi connectivity index (χ1n) is 11.4. The second-order valence-corrected chi connectivity index (χ2v) is 8.79. The minimum Gasteiger partial charge on any atom is -0.495 e. The highest BCUT2D eigenvalue weighted by molar-refractivity contribution is 14.0. The fourth-order valence-corrected chi connectivity index (χ4v) is 5.24. The second-order valence-electron chi connectivity index (χ2n) is 8.79. The zero-order valence-corrected chi connectivity index (χ0v) is 20.8. The zero-order valence-electron chi connectivity index (χ0n) is 18.5. The second kappa shape index (κ2) is 11.4. The van der Waals surface area contributed by atoms with E-state index in [1.165, 1.54) is 50.8 Å². The van der Waals surface area contributed by atoms with Gasteiger partial charge in [-0.3, -0.25) is 9.89 Å². The molecule has 30 heavy (non-hydrogen) atoms. The highest BCUT2D eigenvalue weighted by Gasteiger charge is 2.30. The maximum absolute atomic E-state index is 5.54. The van der Waals surface area contributed by atoms with Crippen molar-refractivity contribution in [3.05, 3.63) is 24.3 Å². The maximum atomic E-state index is 5.54. The molecule has 0 spiro atoms. The Balaban J connectivity index is 0.00000256. The van der Waals surface area contributed by atoms with Crippen molar-refractivity contribution in [2.75, 3.05) is 51.8 Å². The summed E-state index contributed by atoms with van der Waals surface area (Å²) in [5.74, 6) is 2.54. The Morgan fingerprint density at radius 1 is 1.10 bits per heavy atom. The Hall–Kier alpha value is -1.22. The minimum atomic E-state index is 0. The molecular formula is C23H38IN5O. The molecule has 0 radical (unpaired) electrons. The molecule has 3 fully saturated rings. The summed E-state index contributed by atoms with van der Waals surface area (Å²) in [6.45, 7) is 5.50. The number of hydrogen-bond acceptors (Lipinski definition) is 4. The van der Waals surface area contributed by atoms with Crippen LogP contribution in [0.3, 0.4) is 0 Å². The van der Waals surface area contributed by atoms with Crippen molar-refractivity contribution in [2.45, 2.75) is 50.6 Å². The smallest absolute Gasteiger partial charge is 0.191 e. The van der Waals surface area contributed by atoms with Crippen LogP contribution >= 0.6 is 24.0 Å². The van der Waals surface area contributed by atoms with Crippen molar-refractivity contribution in [1.29, 1.82) is 0 Å². The zero-order chi connectivity index (χ0) is 20.1. The van der Waals surface area contributed by atoms with Crippen molar-refractivity contribution in [2.24, 2.45) is 10.9 Å². The lowest BCUT2D eigenvalue weighted by Gasteiger charge is -2.24. The fourth-order valence-electron chi connectivity index (χ4n) is 5.24. The van der Waals surface area contributed by atoms with Crippen LogP contribution in [0.4, 0.5) is 5.69 Å². The number of benzene rings is 1. The molecule has 1 saturated carbocycles. The molecule has 2 saturated heterocycles. The molecule has 0 amide bonds. The van der Waals surface area contributed by atoms with Crippen LogP contribution in [0.1, 0.15) is 38.5 Å². The Morgan fingerprint density at radius 2 is 1.90 bits per heavy atom. The Labute approximate surface area is 198 Å². The number of ether oxygens (including phenoxy) is 1. The molecule has 4 rings (SSSR count). The van der Waals surface area contributed by atoms with E-state index in [9.17, 15) is 0 Å². The first-order valence-corrected chi connectivity index (χ1v) is 11.4.